The maximum absolute atomic E-state index is 11.1. The zero-order chi connectivity index (χ0) is 12.1. The minimum atomic E-state index is -0.536. The molecule has 0 aliphatic heterocycles. The van der Waals surface area contributed by atoms with Gasteiger partial charge in [0.1, 0.15) is 5.60 Å². The Labute approximate surface area is 92.5 Å². The van der Waals surface area contributed by atoms with Crippen LogP contribution in [0.15, 0.2) is 12.7 Å². The predicted molar refractivity (Wildman–Crippen MR) is 60.7 cm³/mol. The van der Waals surface area contributed by atoms with Gasteiger partial charge in [-0.15, -0.1) is 0 Å². The average molecular weight is 214 g/mol. The fourth-order valence-corrected chi connectivity index (χ4v) is 1.59. The third-order valence-electron chi connectivity index (χ3n) is 2.58. The molecule has 0 radical (unpaired) electrons. The molecule has 0 bridgehead atoms. The number of ether oxygens (including phenoxy) is 2. The summed E-state index contributed by atoms with van der Waals surface area (Å²) in [6, 6.07) is 0. The van der Waals surface area contributed by atoms with Gasteiger partial charge in [-0.2, -0.15) is 0 Å². The second-order valence-electron chi connectivity index (χ2n) is 4.57. The van der Waals surface area contributed by atoms with Crippen LogP contribution >= 0.6 is 0 Å². The molecule has 0 rings (SSSR count). The van der Waals surface area contributed by atoms with Crippen molar-refractivity contribution in [3.63, 3.8) is 0 Å². The molecule has 15 heavy (non-hydrogen) atoms. The first kappa shape index (κ1) is 14.2. The lowest BCUT2D eigenvalue weighted by molar-refractivity contribution is -0.156. The number of esters is 1. The van der Waals surface area contributed by atoms with Crippen molar-refractivity contribution in [2.24, 2.45) is 0 Å². The molecule has 1 atom stereocenters. The Bertz CT molecular complexity index is 227. The van der Waals surface area contributed by atoms with Crippen LogP contribution in [0.3, 0.4) is 0 Å². The van der Waals surface area contributed by atoms with Crippen LogP contribution in [0.5, 0.6) is 0 Å². The van der Waals surface area contributed by atoms with Crippen molar-refractivity contribution in [1.82, 2.24) is 0 Å². The zero-order valence-corrected chi connectivity index (χ0v) is 10.4. The highest BCUT2D eigenvalue weighted by Crippen LogP contribution is 2.28. The van der Waals surface area contributed by atoms with Gasteiger partial charge in [-0.1, -0.05) is 13.5 Å². The molecule has 1 unspecified atom stereocenters. The molecule has 88 valence electrons. The molecule has 0 spiro atoms. The summed E-state index contributed by atoms with van der Waals surface area (Å²) < 4.78 is 10.7. The van der Waals surface area contributed by atoms with Gasteiger partial charge in [0, 0.05) is 19.6 Å². The molecule has 0 fully saturated rings. The van der Waals surface area contributed by atoms with Crippen molar-refractivity contribution >= 4 is 5.97 Å². The summed E-state index contributed by atoms with van der Waals surface area (Å²) in [5.41, 5.74) is -0.795. The fourth-order valence-electron chi connectivity index (χ4n) is 1.59. The topological polar surface area (TPSA) is 35.5 Å². The fraction of sp³-hybridized carbons (Fsp3) is 0.750. The highest BCUT2D eigenvalue weighted by atomic mass is 16.6. The standard InChI is InChI=1S/C12H22O3/c1-7-10(13)15-11(3,4)9-12(5,8-2)14-6/h7H,1,8-9H2,2-6H3. The molecule has 0 aromatic carbocycles. The van der Waals surface area contributed by atoms with Crippen LogP contribution in [0, 0.1) is 0 Å². The summed E-state index contributed by atoms with van der Waals surface area (Å²) in [4.78, 5) is 11.1. The summed E-state index contributed by atoms with van der Waals surface area (Å²) in [6.45, 7) is 11.2. The number of hydrogen-bond acceptors (Lipinski definition) is 3. The first-order chi connectivity index (χ1) is 6.78. The van der Waals surface area contributed by atoms with Crippen LogP contribution in [0.2, 0.25) is 0 Å². The van der Waals surface area contributed by atoms with E-state index >= 15 is 0 Å². The van der Waals surface area contributed by atoms with Crippen molar-refractivity contribution in [1.29, 1.82) is 0 Å². The normalized spacial score (nSPS) is 15.5. The van der Waals surface area contributed by atoms with Gasteiger partial charge in [0.25, 0.3) is 0 Å². The Morgan fingerprint density at radius 3 is 2.27 bits per heavy atom. The van der Waals surface area contributed by atoms with E-state index in [4.69, 9.17) is 9.47 Å². The van der Waals surface area contributed by atoms with E-state index in [1.807, 2.05) is 20.8 Å². The smallest absolute Gasteiger partial charge is 0.330 e. The first-order valence-electron chi connectivity index (χ1n) is 5.19. The molecular weight excluding hydrogens is 192 g/mol. The summed E-state index contributed by atoms with van der Waals surface area (Å²) in [5, 5.41) is 0. The van der Waals surface area contributed by atoms with Crippen molar-refractivity contribution < 1.29 is 14.3 Å². The van der Waals surface area contributed by atoms with E-state index in [1.54, 1.807) is 7.11 Å². The monoisotopic (exact) mass is 214 g/mol. The van der Waals surface area contributed by atoms with Gasteiger partial charge in [-0.05, 0) is 27.2 Å². The lowest BCUT2D eigenvalue weighted by atomic mass is 9.88. The van der Waals surface area contributed by atoms with Crippen molar-refractivity contribution in [3.05, 3.63) is 12.7 Å². The molecular formula is C12H22O3. The number of carbonyl (C=O) groups is 1. The first-order valence-corrected chi connectivity index (χ1v) is 5.19. The molecule has 3 nitrogen and oxygen atoms in total. The van der Waals surface area contributed by atoms with Gasteiger partial charge in [-0.3, -0.25) is 0 Å². The van der Waals surface area contributed by atoms with Crippen molar-refractivity contribution in [2.75, 3.05) is 7.11 Å². The summed E-state index contributed by atoms with van der Waals surface area (Å²) in [7, 11) is 1.68. The average Bonchev–Trinajstić information content (AvgIpc) is 2.16. The number of hydrogen-bond donors (Lipinski definition) is 0. The van der Waals surface area contributed by atoms with Crippen molar-refractivity contribution in [3.8, 4) is 0 Å². The molecule has 0 saturated carbocycles. The van der Waals surface area contributed by atoms with Crippen LogP contribution in [-0.4, -0.2) is 24.3 Å². The molecule has 0 N–H and O–H groups in total. The van der Waals surface area contributed by atoms with Gasteiger partial charge in [0.2, 0.25) is 0 Å². The number of carbonyl (C=O) groups excluding carboxylic acids is 1. The SMILES string of the molecule is C=CC(=O)OC(C)(C)CC(C)(CC)OC. The van der Waals surface area contributed by atoms with E-state index < -0.39 is 11.6 Å². The van der Waals surface area contributed by atoms with Crippen LogP contribution in [0.25, 0.3) is 0 Å². The van der Waals surface area contributed by atoms with Crippen molar-refractivity contribution in [2.45, 2.75) is 51.7 Å². The van der Waals surface area contributed by atoms with Gasteiger partial charge in [-0.25, -0.2) is 4.79 Å². The molecule has 0 aromatic rings. The molecule has 3 heteroatoms. The van der Waals surface area contributed by atoms with Gasteiger partial charge >= 0.3 is 5.97 Å². The predicted octanol–water partition coefficient (Wildman–Crippen LogP) is 2.70. The quantitative estimate of drug-likeness (QED) is 0.503. The number of rotatable bonds is 6. The lowest BCUT2D eigenvalue weighted by Gasteiger charge is -2.35. The van der Waals surface area contributed by atoms with E-state index in [-0.39, 0.29) is 5.60 Å². The minimum Gasteiger partial charge on any atom is -0.456 e. The lowest BCUT2D eigenvalue weighted by Crippen LogP contribution is -2.39. The molecule has 0 aliphatic carbocycles. The summed E-state index contributed by atoms with van der Waals surface area (Å²) in [5.74, 6) is -0.394. The van der Waals surface area contributed by atoms with Gasteiger partial charge in [0.05, 0.1) is 5.60 Å². The number of methoxy groups -OCH3 is 1. The molecule has 0 heterocycles. The molecule has 0 saturated heterocycles. The Hall–Kier alpha value is -0.830. The van der Waals surface area contributed by atoms with E-state index in [0.717, 1.165) is 6.42 Å². The van der Waals surface area contributed by atoms with Crippen LogP contribution in [0.1, 0.15) is 40.5 Å². The van der Waals surface area contributed by atoms with Crippen LogP contribution in [0.4, 0.5) is 0 Å². The van der Waals surface area contributed by atoms with E-state index in [2.05, 4.69) is 13.5 Å². The van der Waals surface area contributed by atoms with E-state index in [1.165, 1.54) is 6.08 Å². The Morgan fingerprint density at radius 2 is 1.93 bits per heavy atom. The van der Waals surface area contributed by atoms with E-state index in [0.29, 0.717) is 6.42 Å². The van der Waals surface area contributed by atoms with Crippen LogP contribution in [-0.2, 0) is 14.3 Å². The van der Waals surface area contributed by atoms with E-state index in [9.17, 15) is 4.79 Å². The Balaban J connectivity index is 4.47. The third kappa shape index (κ3) is 4.98. The minimum absolute atomic E-state index is 0.259. The molecule has 0 aliphatic rings. The third-order valence-corrected chi connectivity index (χ3v) is 2.58. The van der Waals surface area contributed by atoms with Gasteiger partial charge < -0.3 is 9.47 Å². The highest BCUT2D eigenvalue weighted by molar-refractivity contribution is 5.81. The highest BCUT2D eigenvalue weighted by Gasteiger charge is 2.33. The second kappa shape index (κ2) is 5.31. The second-order valence-corrected chi connectivity index (χ2v) is 4.57. The summed E-state index contributed by atoms with van der Waals surface area (Å²) >= 11 is 0. The zero-order valence-electron chi connectivity index (χ0n) is 10.4. The van der Waals surface area contributed by atoms with Gasteiger partial charge in [0.15, 0.2) is 0 Å². The summed E-state index contributed by atoms with van der Waals surface area (Å²) in [6.07, 6.45) is 2.71. The Morgan fingerprint density at radius 1 is 1.40 bits per heavy atom. The Kier molecular flexibility index (Phi) is 5.01. The van der Waals surface area contributed by atoms with Crippen LogP contribution < -0.4 is 0 Å². The largest absolute Gasteiger partial charge is 0.456 e. The molecule has 0 amide bonds. The maximum atomic E-state index is 11.1. The molecule has 0 aromatic heterocycles. The maximum Gasteiger partial charge on any atom is 0.330 e.